The van der Waals surface area contributed by atoms with Crippen molar-refractivity contribution < 1.29 is 14.2 Å². The largest absolute Gasteiger partial charge is 0.492 e. The molecule has 0 aromatic heterocycles. The molecule has 0 aliphatic carbocycles. The van der Waals surface area contributed by atoms with Crippen LogP contribution in [0, 0.1) is 0 Å². The van der Waals surface area contributed by atoms with Gasteiger partial charge in [0.1, 0.15) is 6.17 Å². The van der Waals surface area contributed by atoms with Crippen molar-refractivity contribution in [3.05, 3.63) is 45.9 Å². The van der Waals surface area contributed by atoms with E-state index in [0.29, 0.717) is 5.75 Å². The summed E-state index contributed by atoms with van der Waals surface area (Å²) in [4.78, 5) is 2.29. The van der Waals surface area contributed by atoms with Crippen LogP contribution in [0.3, 0.4) is 0 Å². The van der Waals surface area contributed by atoms with Crippen molar-refractivity contribution in [1.29, 1.82) is 0 Å². The van der Waals surface area contributed by atoms with E-state index in [1.54, 1.807) is 7.11 Å². The van der Waals surface area contributed by atoms with E-state index in [2.05, 4.69) is 51.4 Å². The minimum Gasteiger partial charge on any atom is -0.492 e. The van der Waals surface area contributed by atoms with Crippen molar-refractivity contribution >= 4 is 21.6 Å². The van der Waals surface area contributed by atoms with Crippen LogP contribution in [0.4, 0.5) is 5.69 Å². The van der Waals surface area contributed by atoms with E-state index >= 15 is 0 Å². The Morgan fingerprint density at radius 2 is 2.04 bits per heavy atom. The highest BCUT2D eigenvalue weighted by molar-refractivity contribution is 9.10. The second kappa shape index (κ2) is 6.18. The lowest BCUT2D eigenvalue weighted by Gasteiger charge is -2.36. The number of fused-ring (bicyclic) bond motifs is 2. The first-order valence-corrected chi connectivity index (χ1v) is 8.68. The molecule has 2 heterocycles. The van der Waals surface area contributed by atoms with Gasteiger partial charge in [-0.05, 0) is 49.4 Å². The van der Waals surface area contributed by atoms with Crippen LogP contribution < -0.4 is 19.5 Å². The Hall–Kier alpha value is -1.92. The quantitative estimate of drug-likeness (QED) is 0.863. The van der Waals surface area contributed by atoms with Crippen LogP contribution >= 0.6 is 15.9 Å². The summed E-state index contributed by atoms with van der Waals surface area (Å²) >= 11 is 3.48. The summed E-state index contributed by atoms with van der Waals surface area (Å²) in [5.74, 6) is 2.24. The van der Waals surface area contributed by atoms with Crippen LogP contribution in [0.5, 0.6) is 17.2 Å². The van der Waals surface area contributed by atoms with E-state index in [0.717, 1.165) is 40.2 Å². The maximum atomic E-state index is 5.71. The van der Waals surface area contributed by atoms with E-state index in [1.165, 1.54) is 5.56 Å². The lowest BCUT2D eigenvalue weighted by atomic mass is 9.94. The van der Waals surface area contributed by atoms with E-state index in [9.17, 15) is 0 Å². The van der Waals surface area contributed by atoms with Gasteiger partial charge in [-0.3, -0.25) is 4.90 Å². The standard InChI is InChI=1S/C18H19BrN2O3/c1-21-8-7-11-9-14-16(24-10-23-14)17(22-2)15(11)18(21)20-13-5-3-12(19)4-6-13/h3-6,9,18,20H,7-8,10H2,1-2H3. The summed E-state index contributed by atoms with van der Waals surface area (Å²) < 4.78 is 18.0. The molecule has 0 spiro atoms. The van der Waals surface area contributed by atoms with Gasteiger partial charge < -0.3 is 19.5 Å². The fourth-order valence-corrected chi connectivity index (χ4v) is 3.58. The topological polar surface area (TPSA) is 43.0 Å². The number of hydrogen-bond donors (Lipinski definition) is 1. The minimum absolute atomic E-state index is 0.0133. The monoisotopic (exact) mass is 390 g/mol. The predicted molar refractivity (Wildman–Crippen MR) is 96.0 cm³/mol. The molecule has 1 atom stereocenters. The molecule has 0 radical (unpaired) electrons. The number of halogens is 1. The van der Waals surface area contributed by atoms with E-state index in [1.807, 2.05) is 12.1 Å². The number of rotatable bonds is 3. The smallest absolute Gasteiger partial charge is 0.231 e. The van der Waals surface area contributed by atoms with Gasteiger partial charge in [0.2, 0.25) is 12.5 Å². The zero-order chi connectivity index (χ0) is 16.7. The fraction of sp³-hybridized carbons (Fsp3) is 0.333. The number of methoxy groups -OCH3 is 1. The molecular formula is C18H19BrN2O3. The van der Waals surface area contributed by atoms with Crippen LogP contribution in [0.25, 0.3) is 0 Å². The molecule has 0 saturated carbocycles. The third-order valence-electron chi connectivity index (χ3n) is 4.54. The highest BCUT2D eigenvalue weighted by Crippen LogP contribution is 2.49. The Morgan fingerprint density at radius 3 is 2.79 bits per heavy atom. The first-order valence-electron chi connectivity index (χ1n) is 7.89. The Kier molecular flexibility index (Phi) is 4.02. The second-order valence-electron chi connectivity index (χ2n) is 6.00. The number of likely N-dealkylation sites (N-methyl/N-ethyl adjacent to an activating group) is 1. The molecule has 2 aliphatic rings. The zero-order valence-corrected chi connectivity index (χ0v) is 15.2. The first-order chi connectivity index (χ1) is 11.7. The van der Waals surface area contributed by atoms with Gasteiger partial charge in [-0.25, -0.2) is 0 Å². The van der Waals surface area contributed by atoms with Crippen LogP contribution in [0.15, 0.2) is 34.8 Å². The average Bonchev–Trinajstić information content (AvgIpc) is 3.05. The normalized spacial score (nSPS) is 19.0. The summed E-state index contributed by atoms with van der Waals surface area (Å²) in [5.41, 5.74) is 3.42. The molecule has 6 heteroatoms. The Labute approximate surface area is 149 Å². The van der Waals surface area contributed by atoms with Gasteiger partial charge in [0.25, 0.3) is 0 Å². The summed E-state index contributed by atoms with van der Waals surface area (Å²) in [6, 6.07) is 10.3. The molecule has 1 N–H and O–H groups in total. The van der Waals surface area contributed by atoms with Gasteiger partial charge >= 0.3 is 0 Å². The lowest BCUT2D eigenvalue weighted by Crippen LogP contribution is -2.37. The molecule has 4 rings (SSSR count). The molecule has 1 unspecified atom stereocenters. The van der Waals surface area contributed by atoms with Crippen LogP contribution in [0.1, 0.15) is 17.3 Å². The molecule has 2 aromatic carbocycles. The van der Waals surface area contributed by atoms with Gasteiger partial charge in [-0.2, -0.15) is 0 Å². The highest BCUT2D eigenvalue weighted by Gasteiger charge is 2.33. The van der Waals surface area contributed by atoms with E-state index in [-0.39, 0.29) is 13.0 Å². The molecule has 0 amide bonds. The van der Waals surface area contributed by atoms with E-state index in [4.69, 9.17) is 14.2 Å². The number of nitrogens with zero attached hydrogens (tertiary/aromatic N) is 1. The van der Waals surface area contributed by atoms with Gasteiger partial charge in [0.15, 0.2) is 11.5 Å². The number of hydrogen-bond acceptors (Lipinski definition) is 5. The Bertz CT molecular complexity index is 764. The summed E-state index contributed by atoms with van der Waals surface area (Å²) in [6.45, 7) is 1.21. The molecule has 126 valence electrons. The zero-order valence-electron chi connectivity index (χ0n) is 13.6. The van der Waals surface area contributed by atoms with E-state index < -0.39 is 0 Å². The number of ether oxygens (including phenoxy) is 3. The van der Waals surface area contributed by atoms with Crippen molar-refractivity contribution in [2.45, 2.75) is 12.6 Å². The van der Waals surface area contributed by atoms with Crippen molar-refractivity contribution in [3.8, 4) is 17.2 Å². The first kappa shape index (κ1) is 15.6. The molecule has 2 aliphatic heterocycles. The Morgan fingerprint density at radius 1 is 1.25 bits per heavy atom. The van der Waals surface area contributed by atoms with Gasteiger partial charge in [0, 0.05) is 22.3 Å². The molecule has 0 fully saturated rings. The maximum absolute atomic E-state index is 5.71. The number of nitrogens with one attached hydrogen (secondary N) is 1. The molecule has 5 nitrogen and oxygen atoms in total. The van der Waals surface area contributed by atoms with Crippen LogP contribution in [0.2, 0.25) is 0 Å². The SMILES string of the molecule is COc1c2c(cc3c1C(Nc1ccc(Br)cc1)N(C)CC3)OCO2. The maximum Gasteiger partial charge on any atom is 0.231 e. The second-order valence-corrected chi connectivity index (χ2v) is 6.92. The molecule has 24 heavy (non-hydrogen) atoms. The third kappa shape index (κ3) is 2.59. The average molecular weight is 391 g/mol. The minimum atomic E-state index is 0.0133. The molecule has 0 saturated heterocycles. The number of benzene rings is 2. The highest BCUT2D eigenvalue weighted by atomic mass is 79.9. The number of anilines is 1. The van der Waals surface area contributed by atoms with Crippen LogP contribution in [-0.4, -0.2) is 32.4 Å². The van der Waals surface area contributed by atoms with Gasteiger partial charge in [-0.1, -0.05) is 15.9 Å². The van der Waals surface area contributed by atoms with Gasteiger partial charge in [-0.15, -0.1) is 0 Å². The van der Waals surface area contributed by atoms with Crippen molar-refractivity contribution in [2.24, 2.45) is 0 Å². The Balaban J connectivity index is 1.78. The predicted octanol–water partition coefficient (Wildman–Crippen LogP) is 3.79. The summed E-state index contributed by atoms with van der Waals surface area (Å²) in [7, 11) is 3.80. The van der Waals surface area contributed by atoms with Crippen molar-refractivity contribution in [3.63, 3.8) is 0 Å². The van der Waals surface area contributed by atoms with Gasteiger partial charge in [0.05, 0.1) is 7.11 Å². The summed E-state index contributed by atoms with van der Waals surface area (Å²) in [6.07, 6.45) is 0.969. The fourth-order valence-electron chi connectivity index (χ4n) is 3.32. The molecule has 0 bridgehead atoms. The van der Waals surface area contributed by atoms with Crippen molar-refractivity contribution in [1.82, 2.24) is 4.90 Å². The lowest BCUT2D eigenvalue weighted by molar-refractivity contribution is 0.170. The van der Waals surface area contributed by atoms with Crippen LogP contribution in [-0.2, 0) is 6.42 Å². The molecular weight excluding hydrogens is 372 g/mol. The molecule has 2 aromatic rings. The summed E-state index contributed by atoms with van der Waals surface area (Å²) in [5, 5.41) is 3.61. The third-order valence-corrected chi connectivity index (χ3v) is 5.07. The van der Waals surface area contributed by atoms with Crippen molar-refractivity contribution in [2.75, 3.05) is 32.8 Å².